The van der Waals surface area contributed by atoms with E-state index in [1.54, 1.807) is 0 Å². The molecule has 1 unspecified atom stereocenters. The van der Waals surface area contributed by atoms with Crippen molar-refractivity contribution >= 4 is 23.4 Å². The molecule has 19 heavy (non-hydrogen) atoms. The largest absolute Gasteiger partial charge is 0.323 e. The standard InChI is InChI=1S/C16H18ClNS/c1-12-4-2-3-5-15(12)16(18)11-19-10-13-6-8-14(17)9-7-13/h2-9,16H,10-11,18H2,1H3. The molecule has 3 heteroatoms. The van der Waals surface area contributed by atoms with Crippen molar-refractivity contribution in [2.45, 2.75) is 18.7 Å². The average molecular weight is 292 g/mol. The van der Waals surface area contributed by atoms with E-state index in [1.165, 1.54) is 16.7 Å². The molecule has 2 rings (SSSR count). The van der Waals surface area contributed by atoms with Crippen LogP contribution in [0.3, 0.4) is 0 Å². The van der Waals surface area contributed by atoms with Gasteiger partial charge in [0.2, 0.25) is 0 Å². The summed E-state index contributed by atoms with van der Waals surface area (Å²) in [5.74, 6) is 1.89. The third kappa shape index (κ3) is 4.27. The molecule has 2 N–H and O–H groups in total. The Morgan fingerprint density at radius 1 is 1.11 bits per heavy atom. The first-order valence-corrected chi connectivity index (χ1v) is 7.83. The normalized spacial score (nSPS) is 12.4. The molecule has 1 nitrogen and oxygen atoms in total. The molecule has 2 aromatic carbocycles. The second kappa shape index (κ2) is 6.99. The fourth-order valence-electron chi connectivity index (χ4n) is 1.98. The predicted molar refractivity (Wildman–Crippen MR) is 85.7 cm³/mol. The zero-order valence-electron chi connectivity index (χ0n) is 11.0. The molecule has 0 aliphatic heterocycles. The maximum Gasteiger partial charge on any atom is 0.0406 e. The van der Waals surface area contributed by atoms with Crippen LogP contribution in [0.2, 0.25) is 5.02 Å². The van der Waals surface area contributed by atoms with Crippen LogP contribution >= 0.6 is 23.4 Å². The summed E-state index contributed by atoms with van der Waals surface area (Å²) in [6.07, 6.45) is 0. The maximum atomic E-state index is 6.24. The second-order valence-corrected chi connectivity index (χ2v) is 6.07. The van der Waals surface area contributed by atoms with E-state index in [2.05, 4.69) is 31.2 Å². The van der Waals surface area contributed by atoms with Gasteiger partial charge in [0.25, 0.3) is 0 Å². The molecule has 0 saturated carbocycles. The summed E-state index contributed by atoms with van der Waals surface area (Å²) in [4.78, 5) is 0. The van der Waals surface area contributed by atoms with E-state index in [0.717, 1.165) is 16.5 Å². The van der Waals surface area contributed by atoms with Crippen LogP contribution in [0.5, 0.6) is 0 Å². The zero-order valence-corrected chi connectivity index (χ0v) is 12.5. The highest BCUT2D eigenvalue weighted by atomic mass is 35.5. The monoisotopic (exact) mass is 291 g/mol. The highest BCUT2D eigenvalue weighted by Crippen LogP contribution is 2.22. The van der Waals surface area contributed by atoms with E-state index < -0.39 is 0 Å². The van der Waals surface area contributed by atoms with E-state index in [1.807, 2.05) is 36.0 Å². The van der Waals surface area contributed by atoms with Crippen molar-refractivity contribution in [1.82, 2.24) is 0 Å². The second-order valence-electron chi connectivity index (χ2n) is 4.60. The molecular formula is C16H18ClNS. The summed E-state index contributed by atoms with van der Waals surface area (Å²) in [5, 5.41) is 0.783. The first kappa shape index (κ1) is 14.4. The Balaban J connectivity index is 1.86. The van der Waals surface area contributed by atoms with Crippen molar-refractivity contribution in [3.8, 4) is 0 Å². The molecule has 0 radical (unpaired) electrons. The Kier molecular flexibility index (Phi) is 5.32. The Labute approximate surface area is 124 Å². The van der Waals surface area contributed by atoms with E-state index in [-0.39, 0.29) is 6.04 Å². The first-order chi connectivity index (χ1) is 9.16. The number of halogens is 1. The first-order valence-electron chi connectivity index (χ1n) is 6.30. The number of benzene rings is 2. The van der Waals surface area contributed by atoms with Crippen LogP contribution in [0.15, 0.2) is 48.5 Å². The summed E-state index contributed by atoms with van der Waals surface area (Å²) in [6.45, 7) is 2.11. The Hall–Kier alpha value is -0.960. The summed E-state index contributed by atoms with van der Waals surface area (Å²) in [6, 6.07) is 16.4. The minimum absolute atomic E-state index is 0.0958. The van der Waals surface area contributed by atoms with Crippen LogP contribution < -0.4 is 5.73 Å². The lowest BCUT2D eigenvalue weighted by Crippen LogP contribution is -2.14. The molecule has 0 aliphatic rings. The Morgan fingerprint density at radius 3 is 2.47 bits per heavy atom. The van der Waals surface area contributed by atoms with Gasteiger partial charge in [-0.3, -0.25) is 0 Å². The third-order valence-corrected chi connectivity index (χ3v) is 4.45. The highest BCUT2D eigenvalue weighted by molar-refractivity contribution is 7.98. The van der Waals surface area contributed by atoms with Gasteiger partial charge in [0.1, 0.15) is 0 Å². The van der Waals surface area contributed by atoms with Crippen molar-refractivity contribution in [3.63, 3.8) is 0 Å². The van der Waals surface area contributed by atoms with Gasteiger partial charge >= 0.3 is 0 Å². The number of rotatable bonds is 5. The molecule has 0 saturated heterocycles. The van der Waals surface area contributed by atoms with Crippen LogP contribution in [0.25, 0.3) is 0 Å². The van der Waals surface area contributed by atoms with Gasteiger partial charge in [0.05, 0.1) is 0 Å². The molecule has 0 heterocycles. The summed E-state index contributed by atoms with van der Waals surface area (Å²) < 4.78 is 0. The minimum atomic E-state index is 0.0958. The lowest BCUT2D eigenvalue weighted by Gasteiger charge is -2.14. The maximum absolute atomic E-state index is 6.24. The van der Waals surface area contributed by atoms with Crippen LogP contribution in [-0.2, 0) is 5.75 Å². The lowest BCUT2D eigenvalue weighted by atomic mass is 10.0. The molecule has 0 bridgehead atoms. The van der Waals surface area contributed by atoms with E-state index in [0.29, 0.717) is 0 Å². The van der Waals surface area contributed by atoms with Gasteiger partial charge in [0.15, 0.2) is 0 Å². The van der Waals surface area contributed by atoms with Gasteiger partial charge in [-0.2, -0.15) is 11.8 Å². The van der Waals surface area contributed by atoms with E-state index >= 15 is 0 Å². The van der Waals surface area contributed by atoms with Crippen LogP contribution in [0.1, 0.15) is 22.7 Å². The van der Waals surface area contributed by atoms with Crippen molar-refractivity contribution in [2.24, 2.45) is 5.73 Å². The highest BCUT2D eigenvalue weighted by Gasteiger charge is 2.08. The number of nitrogens with two attached hydrogens (primary N) is 1. The number of hydrogen-bond acceptors (Lipinski definition) is 2. The SMILES string of the molecule is Cc1ccccc1C(N)CSCc1ccc(Cl)cc1. The van der Waals surface area contributed by atoms with Gasteiger partial charge in [-0.15, -0.1) is 0 Å². The van der Waals surface area contributed by atoms with Crippen molar-refractivity contribution < 1.29 is 0 Å². The summed E-state index contributed by atoms with van der Waals surface area (Å²) >= 11 is 7.72. The minimum Gasteiger partial charge on any atom is -0.323 e. The van der Waals surface area contributed by atoms with Gasteiger partial charge in [-0.25, -0.2) is 0 Å². The Bertz CT molecular complexity index is 525. The van der Waals surface area contributed by atoms with Gasteiger partial charge in [-0.05, 0) is 35.7 Å². The number of thioether (sulfide) groups is 1. The fourth-order valence-corrected chi connectivity index (χ4v) is 3.08. The van der Waals surface area contributed by atoms with Crippen LogP contribution in [0.4, 0.5) is 0 Å². The lowest BCUT2D eigenvalue weighted by molar-refractivity contribution is 0.822. The molecule has 2 aromatic rings. The number of aryl methyl sites for hydroxylation is 1. The fraction of sp³-hybridized carbons (Fsp3) is 0.250. The summed E-state index contributed by atoms with van der Waals surface area (Å²) in [7, 11) is 0. The van der Waals surface area contributed by atoms with Gasteiger partial charge in [0, 0.05) is 22.6 Å². The topological polar surface area (TPSA) is 26.0 Å². The molecule has 0 aliphatic carbocycles. The molecule has 0 spiro atoms. The van der Waals surface area contributed by atoms with Gasteiger partial charge < -0.3 is 5.73 Å². The van der Waals surface area contributed by atoms with E-state index in [9.17, 15) is 0 Å². The third-order valence-electron chi connectivity index (χ3n) is 3.07. The summed E-state index contributed by atoms with van der Waals surface area (Å²) in [5.41, 5.74) is 10.0. The zero-order chi connectivity index (χ0) is 13.7. The van der Waals surface area contributed by atoms with Gasteiger partial charge in [-0.1, -0.05) is 48.0 Å². The molecule has 0 fully saturated rings. The molecule has 1 atom stereocenters. The molecule has 0 aromatic heterocycles. The van der Waals surface area contributed by atoms with Crippen molar-refractivity contribution in [2.75, 3.05) is 5.75 Å². The average Bonchev–Trinajstić information content (AvgIpc) is 2.41. The van der Waals surface area contributed by atoms with E-state index in [4.69, 9.17) is 17.3 Å². The molecular weight excluding hydrogens is 274 g/mol. The number of hydrogen-bond donors (Lipinski definition) is 1. The molecule has 0 amide bonds. The van der Waals surface area contributed by atoms with Crippen LogP contribution in [0, 0.1) is 6.92 Å². The quantitative estimate of drug-likeness (QED) is 0.872. The van der Waals surface area contributed by atoms with Crippen molar-refractivity contribution in [1.29, 1.82) is 0 Å². The molecule has 100 valence electrons. The van der Waals surface area contributed by atoms with Crippen LogP contribution in [-0.4, -0.2) is 5.75 Å². The Morgan fingerprint density at radius 2 is 1.79 bits per heavy atom. The smallest absolute Gasteiger partial charge is 0.0406 e. The van der Waals surface area contributed by atoms with Crippen molar-refractivity contribution in [3.05, 3.63) is 70.2 Å². The predicted octanol–water partition coefficient (Wildman–Crippen LogP) is 4.58.